The Labute approximate surface area is 182 Å². The summed E-state index contributed by atoms with van der Waals surface area (Å²) in [5, 5.41) is 2.75. The maximum Gasteiger partial charge on any atom is 0.333 e. The number of nitrogens with zero attached hydrogens (tertiary/aromatic N) is 5. The molecule has 0 aromatic carbocycles. The van der Waals surface area contributed by atoms with Crippen molar-refractivity contribution in [1.82, 2.24) is 29.1 Å². The van der Waals surface area contributed by atoms with Crippen molar-refractivity contribution in [2.75, 3.05) is 5.32 Å². The number of nitrogens with one attached hydrogen (secondary N) is 2. The minimum absolute atomic E-state index is 0.0548. The first-order chi connectivity index (χ1) is 15.6. The average molecular weight is 431 g/mol. The van der Waals surface area contributed by atoms with Gasteiger partial charge in [-0.2, -0.15) is 0 Å². The number of amides is 1. The van der Waals surface area contributed by atoms with E-state index in [-0.39, 0.29) is 34.3 Å². The quantitative estimate of drug-likeness (QED) is 0.482. The van der Waals surface area contributed by atoms with Crippen LogP contribution in [-0.2, 0) is 6.54 Å². The summed E-state index contributed by atoms with van der Waals surface area (Å²) in [6.45, 7) is 2.41. The minimum Gasteiger partial charge on any atom is -0.332 e. The van der Waals surface area contributed by atoms with Crippen molar-refractivity contribution >= 4 is 22.9 Å². The van der Waals surface area contributed by atoms with Crippen LogP contribution in [0.1, 0.15) is 42.7 Å². The van der Waals surface area contributed by atoms with Crippen LogP contribution in [0.3, 0.4) is 0 Å². The second kappa shape index (κ2) is 7.88. The van der Waals surface area contributed by atoms with E-state index in [1.807, 2.05) is 6.92 Å². The van der Waals surface area contributed by atoms with E-state index in [1.165, 1.54) is 15.3 Å². The molecule has 32 heavy (non-hydrogen) atoms. The fraction of sp³-hybridized carbons (Fsp3) is 0.273. The summed E-state index contributed by atoms with van der Waals surface area (Å²) in [4.78, 5) is 54.6. The molecule has 2 N–H and O–H groups in total. The van der Waals surface area contributed by atoms with Crippen LogP contribution in [-0.4, -0.2) is 35.0 Å². The Bertz CT molecular complexity index is 1430. The standard InChI is InChI=1S/C22H21N7O3/c1-2-12-28-19-16(21(31)29(22(28)32)13-8-9-13)25-18(26-19)14-6-5-11-24-17(14)27-20(30)15-7-3-4-10-23-15/h3-7,10-11,13H,2,8-9,12H2,1H3,(H,25,26)(H,24,27,30). The number of aromatic amines is 1. The Morgan fingerprint density at radius 3 is 2.69 bits per heavy atom. The Hall–Kier alpha value is -4.08. The molecule has 1 amide bonds. The zero-order chi connectivity index (χ0) is 22.2. The Morgan fingerprint density at radius 2 is 1.97 bits per heavy atom. The van der Waals surface area contributed by atoms with E-state index in [4.69, 9.17) is 0 Å². The van der Waals surface area contributed by atoms with Crippen LogP contribution in [0.2, 0.25) is 0 Å². The van der Waals surface area contributed by atoms with E-state index in [2.05, 4.69) is 25.3 Å². The number of pyridine rings is 2. The number of carbonyl (C=O) groups is 1. The summed E-state index contributed by atoms with van der Waals surface area (Å²) in [5.74, 6) is 0.203. The third kappa shape index (κ3) is 3.39. The van der Waals surface area contributed by atoms with Gasteiger partial charge in [-0.3, -0.25) is 23.7 Å². The van der Waals surface area contributed by atoms with Crippen molar-refractivity contribution in [3.8, 4) is 11.4 Å². The maximum absolute atomic E-state index is 13.1. The molecule has 4 aromatic rings. The first-order valence-corrected chi connectivity index (χ1v) is 10.5. The van der Waals surface area contributed by atoms with E-state index in [1.54, 1.807) is 36.5 Å². The summed E-state index contributed by atoms with van der Waals surface area (Å²) in [6, 6.07) is 8.44. The second-order valence-corrected chi connectivity index (χ2v) is 7.69. The topological polar surface area (TPSA) is 128 Å². The number of aromatic nitrogens is 6. The van der Waals surface area contributed by atoms with Gasteiger partial charge in [0.1, 0.15) is 22.9 Å². The van der Waals surface area contributed by atoms with Crippen LogP contribution < -0.4 is 16.6 Å². The largest absolute Gasteiger partial charge is 0.333 e. The Balaban J connectivity index is 1.63. The molecule has 162 valence electrons. The number of hydrogen-bond donors (Lipinski definition) is 2. The lowest BCUT2D eigenvalue weighted by molar-refractivity contribution is 0.102. The molecule has 10 nitrogen and oxygen atoms in total. The van der Waals surface area contributed by atoms with Gasteiger partial charge in [-0.15, -0.1) is 0 Å². The number of imidazole rings is 1. The van der Waals surface area contributed by atoms with Crippen molar-refractivity contribution in [2.24, 2.45) is 0 Å². The molecule has 0 aliphatic heterocycles. The van der Waals surface area contributed by atoms with E-state index in [9.17, 15) is 14.4 Å². The molecule has 1 aliphatic rings. The number of hydrogen-bond acceptors (Lipinski definition) is 6. The third-order valence-corrected chi connectivity index (χ3v) is 5.36. The van der Waals surface area contributed by atoms with Crippen molar-refractivity contribution in [1.29, 1.82) is 0 Å². The highest BCUT2D eigenvalue weighted by Gasteiger charge is 2.30. The fourth-order valence-electron chi connectivity index (χ4n) is 3.71. The molecule has 0 spiro atoms. The summed E-state index contributed by atoms with van der Waals surface area (Å²) in [5.41, 5.74) is 0.616. The van der Waals surface area contributed by atoms with Crippen LogP contribution in [0.15, 0.2) is 52.3 Å². The normalized spacial score (nSPS) is 13.4. The highest BCUT2D eigenvalue weighted by molar-refractivity contribution is 6.04. The third-order valence-electron chi connectivity index (χ3n) is 5.36. The van der Waals surface area contributed by atoms with Gasteiger partial charge in [-0.05, 0) is 43.5 Å². The van der Waals surface area contributed by atoms with Gasteiger partial charge in [0.25, 0.3) is 11.5 Å². The molecule has 10 heteroatoms. The molecule has 0 bridgehead atoms. The number of anilines is 1. The molecule has 0 radical (unpaired) electrons. The smallest absolute Gasteiger partial charge is 0.332 e. The molecule has 1 aliphatic carbocycles. The molecule has 0 unspecified atom stereocenters. The summed E-state index contributed by atoms with van der Waals surface area (Å²) >= 11 is 0. The lowest BCUT2D eigenvalue weighted by Crippen LogP contribution is -2.39. The first-order valence-electron chi connectivity index (χ1n) is 10.5. The monoisotopic (exact) mass is 431 g/mol. The molecular weight excluding hydrogens is 410 g/mol. The predicted octanol–water partition coefficient (Wildman–Crippen LogP) is 2.34. The van der Waals surface area contributed by atoms with Crippen molar-refractivity contribution in [3.05, 3.63) is 69.3 Å². The number of H-pyrrole nitrogens is 1. The Morgan fingerprint density at radius 1 is 1.16 bits per heavy atom. The zero-order valence-corrected chi connectivity index (χ0v) is 17.4. The second-order valence-electron chi connectivity index (χ2n) is 7.69. The van der Waals surface area contributed by atoms with Gasteiger partial charge < -0.3 is 10.3 Å². The number of rotatable bonds is 6. The van der Waals surface area contributed by atoms with Gasteiger partial charge in [0.05, 0.1) is 5.56 Å². The Kier molecular flexibility index (Phi) is 4.89. The summed E-state index contributed by atoms with van der Waals surface area (Å²) in [6.07, 6.45) is 5.44. The number of fused-ring (bicyclic) bond motifs is 1. The van der Waals surface area contributed by atoms with Crippen molar-refractivity contribution < 1.29 is 4.79 Å². The lowest BCUT2D eigenvalue weighted by atomic mass is 10.2. The van der Waals surface area contributed by atoms with Gasteiger partial charge >= 0.3 is 5.69 Å². The molecular formula is C22H21N7O3. The lowest BCUT2D eigenvalue weighted by Gasteiger charge is -2.09. The van der Waals surface area contributed by atoms with E-state index < -0.39 is 5.91 Å². The molecule has 5 rings (SSSR count). The predicted molar refractivity (Wildman–Crippen MR) is 119 cm³/mol. The highest BCUT2D eigenvalue weighted by Crippen LogP contribution is 2.32. The number of carbonyl (C=O) groups excluding carboxylic acids is 1. The molecule has 1 fully saturated rings. The SMILES string of the molecule is CCCn1c(=O)n(C2CC2)c(=O)c2[nH]c(-c3cccnc3NC(=O)c3ccccn3)nc21. The van der Waals surface area contributed by atoms with Gasteiger partial charge in [-0.1, -0.05) is 13.0 Å². The summed E-state index contributed by atoms with van der Waals surface area (Å²) in [7, 11) is 0. The van der Waals surface area contributed by atoms with Gasteiger partial charge in [0, 0.05) is 25.0 Å². The molecule has 1 saturated carbocycles. The van der Waals surface area contributed by atoms with Crippen molar-refractivity contribution in [2.45, 2.75) is 38.8 Å². The molecule has 4 aromatic heterocycles. The maximum atomic E-state index is 13.1. The van der Waals surface area contributed by atoms with Crippen LogP contribution in [0, 0.1) is 0 Å². The van der Waals surface area contributed by atoms with E-state index in [0.717, 1.165) is 19.3 Å². The molecule has 0 saturated heterocycles. The summed E-state index contributed by atoms with van der Waals surface area (Å²) < 4.78 is 2.87. The zero-order valence-electron chi connectivity index (χ0n) is 17.4. The van der Waals surface area contributed by atoms with Crippen LogP contribution >= 0.6 is 0 Å². The molecule has 0 atom stereocenters. The highest BCUT2D eigenvalue weighted by atomic mass is 16.2. The van der Waals surface area contributed by atoms with Crippen LogP contribution in [0.25, 0.3) is 22.6 Å². The van der Waals surface area contributed by atoms with Crippen LogP contribution in [0.5, 0.6) is 0 Å². The van der Waals surface area contributed by atoms with Gasteiger partial charge in [0.2, 0.25) is 0 Å². The van der Waals surface area contributed by atoms with Crippen molar-refractivity contribution in [3.63, 3.8) is 0 Å². The van der Waals surface area contributed by atoms with Gasteiger partial charge in [-0.25, -0.2) is 14.8 Å². The van der Waals surface area contributed by atoms with E-state index >= 15 is 0 Å². The van der Waals surface area contributed by atoms with Gasteiger partial charge in [0.15, 0.2) is 5.65 Å². The average Bonchev–Trinajstić information content (AvgIpc) is 3.54. The number of aryl methyl sites for hydroxylation is 1. The van der Waals surface area contributed by atoms with Crippen LogP contribution in [0.4, 0.5) is 5.82 Å². The first kappa shape index (κ1) is 19.9. The fourth-order valence-corrected chi connectivity index (χ4v) is 3.71. The molecule has 4 heterocycles. The minimum atomic E-state index is -0.416. The van der Waals surface area contributed by atoms with E-state index in [0.29, 0.717) is 23.6 Å².